The van der Waals surface area contributed by atoms with E-state index in [0.29, 0.717) is 24.7 Å². The Morgan fingerprint density at radius 3 is 2.33 bits per heavy atom. The normalized spacial score (nSPS) is 15.2. The minimum absolute atomic E-state index is 0.236. The minimum Gasteiger partial charge on any atom is -0.303 e. The van der Waals surface area contributed by atoms with E-state index in [1.165, 1.54) is 0 Å². The SMILES string of the molecule is CC(=O)CCC(C)C(C)CC=O. The van der Waals surface area contributed by atoms with Crippen LogP contribution in [-0.4, -0.2) is 12.1 Å². The van der Waals surface area contributed by atoms with Gasteiger partial charge in [-0.3, -0.25) is 0 Å². The Bertz CT molecular complexity index is 152. The summed E-state index contributed by atoms with van der Waals surface area (Å²) in [7, 11) is 0. The summed E-state index contributed by atoms with van der Waals surface area (Å²) < 4.78 is 0. The third-order valence-electron chi connectivity index (χ3n) is 2.39. The summed E-state index contributed by atoms with van der Waals surface area (Å²) in [6, 6.07) is 0. The van der Waals surface area contributed by atoms with E-state index < -0.39 is 0 Å². The number of carbonyl (C=O) groups is 2. The van der Waals surface area contributed by atoms with Crippen LogP contribution < -0.4 is 0 Å². The third-order valence-corrected chi connectivity index (χ3v) is 2.39. The van der Waals surface area contributed by atoms with Crippen molar-refractivity contribution in [1.29, 1.82) is 0 Å². The van der Waals surface area contributed by atoms with Crippen molar-refractivity contribution in [2.24, 2.45) is 11.8 Å². The average Bonchev–Trinajstić information content (AvgIpc) is 2.00. The Labute approximate surface area is 74.3 Å². The molecule has 0 aliphatic heterocycles. The van der Waals surface area contributed by atoms with Crippen molar-refractivity contribution >= 4 is 12.1 Å². The molecule has 0 aromatic rings. The van der Waals surface area contributed by atoms with E-state index in [-0.39, 0.29) is 5.78 Å². The zero-order valence-electron chi connectivity index (χ0n) is 8.17. The smallest absolute Gasteiger partial charge is 0.129 e. The molecule has 0 amide bonds. The van der Waals surface area contributed by atoms with Crippen LogP contribution in [0, 0.1) is 11.8 Å². The van der Waals surface area contributed by atoms with Crippen LogP contribution in [0.5, 0.6) is 0 Å². The molecule has 0 aliphatic carbocycles. The highest BCUT2D eigenvalue weighted by Crippen LogP contribution is 2.18. The first-order chi connectivity index (χ1) is 5.57. The molecular weight excluding hydrogens is 152 g/mol. The summed E-state index contributed by atoms with van der Waals surface area (Å²) in [4.78, 5) is 20.9. The summed E-state index contributed by atoms with van der Waals surface area (Å²) in [5.74, 6) is 1.11. The maximum absolute atomic E-state index is 10.7. The molecule has 2 nitrogen and oxygen atoms in total. The molecule has 0 saturated heterocycles. The van der Waals surface area contributed by atoms with Crippen molar-refractivity contribution in [3.63, 3.8) is 0 Å². The molecule has 0 aliphatic rings. The van der Waals surface area contributed by atoms with Crippen LogP contribution in [0.2, 0.25) is 0 Å². The van der Waals surface area contributed by atoms with Crippen LogP contribution in [0.4, 0.5) is 0 Å². The van der Waals surface area contributed by atoms with Crippen LogP contribution in [0.3, 0.4) is 0 Å². The molecule has 0 N–H and O–H groups in total. The number of rotatable bonds is 6. The Hall–Kier alpha value is -0.660. The quantitative estimate of drug-likeness (QED) is 0.573. The van der Waals surface area contributed by atoms with Gasteiger partial charge in [-0.2, -0.15) is 0 Å². The largest absolute Gasteiger partial charge is 0.303 e. The predicted molar refractivity (Wildman–Crippen MR) is 48.9 cm³/mol. The molecule has 2 atom stereocenters. The molecule has 0 radical (unpaired) electrons. The van der Waals surface area contributed by atoms with Gasteiger partial charge in [-0.25, -0.2) is 0 Å². The number of hydrogen-bond donors (Lipinski definition) is 0. The van der Waals surface area contributed by atoms with Gasteiger partial charge in [-0.05, 0) is 25.2 Å². The lowest BCUT2D eigenvalue weighted by atomic mass is 9.89. The Morgan fingerprint density at radius 1 is 1.33 bits per heavy atom. The van der Waals surface area contributed by atoms with E-state index in [4.69, 9.17) is 0 Å². The number of hydrogen-bond acceptors (Lipinski definition) is 2. The van der Waals surface area contributed by atoms with E-state index in [1.807, 2.05) is 0 Å². The molecule has 0 fully saturated rings. The highest BCUT2D eigenvalue weighted by molar-refractivity contribution is 5.75. The van der Waals surface area contributed by atoms with Gasteiger partial charge >= 0.3 is 0 Å². The molecule has 2 unspecified atom stereocenters. The Balaban J connectivity index is 3.62. The highest BCUT2D eigenvalue weighted by Gasteiger charge is 2.11. The molecule has 0 aromatic heterocycles. The number of aldehydes is 1. The first kappa shape index (κ1) is 11.3. The second-order valence-electron chi connectivity index (χ2n) is 3.60. The second-order valence-corrected chi connectivity index (χ2v) is 3.60. The Kier molecular flexibility index (Phi) is 5.60. The van der Waals surface area contributed by atoms with Crippen LogP contribution in [-0.2, 0) is 9.59 Å². The minimum atomic E-state index is 0.236. The maximum atomic E-state index is 10.7. The molecule has 12 heavy (non-hydrogen) atoms. The van der Waals surface area contributed by atoms with Crippen molar-refractivity contribution in [3.8, 4) is 0 Å². The summed E-state index contributed by atoms with van der Waals surface area (Å²) in [5.41, 5.74) is 0. The maximum Gasteiger partial charge on any atom is 0.129 e. The summed E-state index contributed by atoms with van der Waals surface area (Å²) in [6.45, 7) is 5.76. The molecule has 70 valence electrons. The lowest BCUT2D eigenvalue weighted by molar-refractivity contribution is -0.117. The lowest BCUT2D eigenvalue weighted by Gasteiger charge is -2.16. The van der Waals surface area contributed by atoms with Gasteiger partial charge in [0.1, 0.15) is 12.1 Å². The summed E-state index contributed by atoms with van der Waals surface area (Å²) >= 11 is 0. The summed E-state index contributed by atoms with van der Waals surface area (Å²) in [6.07, 6.45) is 3.11. The monoisotopic (exact) mass is 170 g/mol. The van der Waals surface area contributed by atoms with Crippen molar-refractivity contribution in [3.05, 3.63) is 0 Å². The molecule has 0 saturated carbocycles. The average molecular weight is 170 g/mol. The predicted octanol–water partition coefficient (Wildman–Crippen LogP) is 2.22. The van der Waals surface area contributed by atoms with E-state index in [0.717, 1.165) is 12.7 Å². The van der Waals surface area contributed by atoms with Crippen molar-refractivity contribution in [2.45, 2.75) is 40.0 Å². The summed E-state index contributed by atoms with van der Waals surface area (Å²) in [5, 5.41) is 0. The van der Waals surface area contributed by atoms with E-state index in [1.54, 1.807) is 6.92 Å². The van der Waals surface area contributed by atoms with Gasteiger partial charge < -0.3 is 9.59 Å². The van der Waals surface area contributed by atoms with Gasteiger partial charge in [0.25, 0.3) is 0 Å². The van der Waals surface area contributed by atoms with Crippen molar-refractivity contribution in [1.82, 2.24) is 0 Å². The van der Waals surface area contributed by atoms with Crippen LogP contribution >= 0.6 is 0 Å². The standard InChI is InChI=1S/C10H18O2/c1-8(4-5-10(3)12)9(2)6-7-11/h7-9H,4-6H2,1-3H3. The first-order valence-electron chi connectivity index (χ1n) is 4.51. The van der Waals surface area contributed by atoms with E-state index in [2.05, 4.69) is 13.8 Å². The fourth-order valence-corrected chi connectivity index (χ4v) is 1.10. The molecule has 0 spiro atoms. The van der Waals surface area contributed by atoms with E-state index >= 15 is 0 Å². The highest BCUT2D eigenvalue weighted by atomic mass is 16.1. The number of carbonyl (C=O) groups excluding carboxylic acids is 2. The fraction of sp³-hybridized carbons (Fsp3) is 0.800. The van der Waals surface area contributed by atoms with Gasteiger partial charge in [0, 0.05) is 12.8 Å². The van der Waals surface area contributed by atoms with Crippen LogP contribution in [0.25, 0.3) is 0 Å². The van der Waals surface area contributed by atoms with Gasteiger partial charge in [-0.15, -0.1) is 0 Å². The van der Waals surface area contributed by atoms with Crippen LogP contribution in [0.15, 0.2) is 0 Å². The van der Waals surface area contributed by atoms with Crippen molar-refractivity contribution < 1.29 is 9.59 Å². The first-order valence-corrected chi connectivity index (χ1v) is 4.51. The lowest BCUT2D eigenvalue weighted by Crippen LogP contribution is -2.09. The Morgan fingerprint density at radius 2 is 1.92 bits per heavy atom. The van der Waals surface area contributed by atoms with Gasteiger partial charge in [0.05, 0.1) is 0 Å². The van der Waals surface area contributed by atoms with Crippen LogP contribution in [0.1, 0.15) is 40.0 Å². The molecule has 2 heteroatoms. The van der Waals surface area contributed by atoms with Crippen molar-refractivity contribution in [2.75, 3.05) is 0 Å². The topological polar surface area (TPSA) is 34.1 Å². The molecular formula is C10H18O2. The van der Waals surface area contributed by atoms with Gasteiger partial charge in [0.2, 0.25) is 0 Å². The number of ketones is 1. The van der Waals surface area contributed by atoms with E-state index in [9.17, 15) is 9.59 Å². The zero-order valence-corrected chi connectivity index (χ0v) is 8.17. The number of Topliss-reactive ketones (excluding diaryl/α,β-unsaturated/α-hetero) is 1. The van der Waals surface area contributed by atoms with Gasteiger partial charge in [0.15, 0.2) is 0 Å². The molecule has 0 rings (SSSR count). The molecule has 0 bridgehead atoms. The zero-order chi connectivity index (χ0) is 9.56. The van der Waals surface area contributed by atoms with Gasteiger partial charge in [-0.1, -0.05) is 13.8 Å². The molecule has 0 aromatic carbocycles. The fourth-order valence-electron chi connectivity index (χ4n) is 1.10. The molecule has 0 heterocycles. The second kappa shape index (κ2) is 5.92. The third kappa shape index (κ3) is 5.05.